The number of piperidine rings is 1. The predicted octanol–water partition coefficient (Wildman–Crippen LogP) is 1.07. The van der Waals surface area contributed by atoms with Gasteiger partial charge in [0.2, 0.25) is 5.91 Å². The normalized spacial score (nSPS) is 35.5. The first-order chi connectivity index (χ1) is 15.9. The summed E-state index contributed by atoms with van der Waals surface area (Å²) < 4.78 is 6.28. The van der Waals surface area contributed by atoms with E-state index >= 15 is 0 Å². The number of nitrogens with one attached hydrogen (secondary N) is 1. The van der Waals surface area contributed by atoms with Crippen molar-refractivity contribution >= 4 is 24.0 Å². The molecule has 2 fully saturated rings. The van der Waals surface area contributed by atoms with Crippen molar-refractivity contribution in [2.75, 3.05) is 26.7 Å². The van der Waals surface area contributed by atoms with E-state index in [2.05, 4.69) is 51.4 Å². The molecule has 1 aliphatic carbocycles. The number of carbonyl (C=O) groups is 1. The summed E-state index contributed by atoms with van der Waals surface area (Å²) in [6, 6.07) is 0.561. The quantitative estimate of drug-likeness (QED) is 0.648. The number of amides is 1. The molecule has 5 atom stereocenters. The van der Waals surface area contributed by atoms with Gasteiger partial charge in [-0.05, 0) is 58.3 Å². The second-order valence-electron chi connectivity index (χ2n) is 9.94. The molecule has 9 nitrogen and oxygen atoms in total. The first-order valence-corrected chi connectivity index (χ1v) is 12.1. The number of carbonyl (C=O) groups excluding carboxylic acids is 1. The molecule has 1 amide bonds. The summed E-state index contributed by atoms with van der Waals surface area (Å²) in [6.07, 6.45) is 11.5. The van der Waals surface area contributed by atoms with Gasteiger partial charge >= 0.3 is 0 Å². The van der Waals surface area contributed by atoms with Crippen molar-refractivity contribution in [1.29, 1.82) is 0 Å². The third-order valence-electron chi connectivity index (χ3n) is 7.25. The summed E-state index contributed by atoms with van der Waals surface area (Å²) in [5, 5.41) is 9.86. The first kappa shape index (κ1) is 22.4. The summed E-state index contributed by atoms with van der Waals surface area (Å²) in [6.45, 7) is 5.08. The molecule has 4 heterocycles. The van der Waals surface area contributed by atoms with Crippen molar-refractivity contribution in [3.8, 4) is 0 Å². The van der Waals surface area contributed by atoms with Gasteiger partial charge in [-0.2, -0.15) is 5.10 Å². The number of allylic oxidation sites excluding steroid dienone is 2. The Bertz CT molecular complexity index is 916. The molecular weight excluding hydrogens is 418 g/mol. The van der Waals surface area contributed by atoms with Gasteiger partial charge in [0.25, 0.3) is 0 Å². The fourth-order valence-electron chi connectivity index (χ4n) is 5.33. The van der Waals surface area contributed by atoms with Crippen LogP contribution in [0.15, 0.2) is 38.4 Å². The molecule has 0 radical (unpaired) electrons. The highest BCUT2D eigenvalue weighted by molar-refractivity contribution is 6.32. The number of rotatable bonds is 5. The third kappa shape index (κ3) is 5.10. The molecule has 178 valence electrons. The van der Waals surface area contributed by atoms with E-state index in [1.807, 2.05) is 6.21 Å². The smallest absolute Gasteiger partial charge is 0.220 e. The van der Waals surface area contributed by atoms with Crippen molar-refractivity contribution < 1.29 is 9.53 Å². The van der Waals surface area contributed by atoms with Crippen LogP contribution in [0.3, 0.4) is 0 Å². The van der Waals surface area contributed by atoms with Gasteiger partial charge < -0.3 is 20.7 Å². The van der Waals surface area contributed by atoms with E-state index in [0.717, 1.165) is 56.6 Å². The van der Waals surface area contributed by atoms with Gasteiger partial charge in [0.05, 0.1) is 24.5 Å². The van der Waals surface area contributed by atoms with E-state index in [9.17, 15) is 4.79 Å². The van der Waals surface area contributed by atoms with Gasteiger partial charge in [0.1, 0.15) is 12.3 Å². The van der Waals surface area contributed by atoms with Crippen molar-refractivity contribution in [2.24, 2.45) is 26.7 Å². The van der Waals surface area contributed by atoms with Crippen LogP contribution in [-0.2, 0) is 9.53 Å². The molecule has 0 saturated carbocycles. The predicted molar refractivity (Wildman–Crippen MR) is 129 cm³/mol. The van der Waals surface area contributed by atoms with Gasteiger partial charge in [-0.1, -0.05) is 17.7 Å². The number of nitrogens with zero attached hydrogens (tertiary/aromatic N) is 5. The average molecular weight is 454 g/mol. The Kier molecular flexibility index (Phi) is 6.44. The summed E-state index contributed by atoms with van der Waals surface area (Å²) >= 11 is 0. The average Bonchev–Trinajstić information content (AvgIpc) is 3.44. The number of aliphatic imine (C=N–C) groups is 2. The number of hydrogen-bond acceptors (Lipinski definition) is 8. The molecule has 5 aliphatic rings. The van der Waals surface area contributed by atoms with E-state index in [0.29, 0.717) is 12.5 Å². The van der Waals surface area contributed by atoms with Gasteiger partial charge in [0.15, 0.2) is 6.23 Å². The van der Waals surface area contributed by atoms with Crippen molar-refractivity contribution in [2.45, 2.75) is 69.6 Å². The van der Waals surface area contributed by atoms with Crippen LogP contribution in [0.25, 0.3) is 0 Å². The van der Waals surface area contributed by atoms with Gasteiger partial charge in [-0.25, -0.2) is 0 Å². The number of ether oxygens (including phenoxy) is 1. The molecule has 5 rings (SSSR count). The summed E-state index contributed by atoms with van der Waals surface area (Å²) in [7, 11) is 2.17. The lowest BCUT2D eigenvalue weighted by molar-refractivity contribution is -0.119. The maximum absolute atomic E-state index is 11.7. The van der Waals surface area contributed by atoms with Crippen LogP contribution < -0.4 is 11.1 Å². The second-order valence-corrected chi connectivity index (χ2v) is 9.94. The second kappa shape index (κ2) is 9.48. The Morgan fingerprint density at radius 1 is 1.24 bits per heavy atom. The monoisotopic (exact) mass is 453 g/mol. The minimum Gasteiger partial charge on any atom is -0.349 e. The maximum Gasteiger partial charge on any atom is 0.220 e. The molecule has 0 aromatic heterocycles. The Hall–Kier alpha value is -2.36. The summed E-state index contributed by atoms with van der Waals surface area (Å²) in [4.78, 5) is 23.4. The van der Waals surface area contributed by atoms with Crippen LogP contribution in [0, 0.1) is 5.92 Å². The molecule has 0 aromatic rings. The minimum atomic E-state index is -0.520. The lowest BCUT2D eigenvalue weighted by Crippen LogP contribution is -2.44. The molecule has 33 heavy (non-hydrogen) atoms. The Morgan fingerprint density at radius 2 is 2.06 bits per heavy atom. The van der Waals surface area contributed by atoms with Crippen LogP contribution in [-0.4, -0.2) is 91.2 Å². The summed E-state index contributed by atoms with van der Waals surface area (Å²) in [5.41, 5.74) is 9.57. The minimum absolute atomic E-state index is 0.0888. The lowest BCUT2D eigenvalue weighted by atomic mass is 9.85. The lowest BCUT2D eigenvalue weighted by Gasteiger charge is -2.34. The zero-order valence-electron chi connectivity index (χ0n) is 19.6. The van der Waals surface area contributed by atoms with Crippen molar-refractivity contribution in [1.82, 2.24) is 15.2 Å². The maximum atomic E-state index is 11.7. The van der Waals surface area contributed by atoms with Crippen LogP contribution in [0.1, 0.15) is 39.0 Å². The van der Waals surface area contributed by atoms with Crippen LogP contribution in [0.2, 0.25) is 0 Å². The Morgan fingerprint density at radius 3 is 2.82 bits per heavy atom. The molecule has 2 saturated heterocycles. The zero-order chi connectivity index (χ0) is 22.9. The highest BCUT2D eigenvalue weighted by atomic mass is 16.5. The molecule has 0 spiro atoms. The number of hydrazone groups is 1. The highest BCUT2D eigenvalue weighted by Gasteiger charge is 2.33. The molecule has 4 aliphatic heterocycles. The Labute approximate surface area is 195 Å². The number of likely N-dealkylation sites (tertiary alicyclic amines) is 1. The zero-order valence-corrected chi connectivity index (χ0v) is 19.6. The van der Waals surface area contributed by atoms with Gasteiger partial charge in [-0.15, -0.1) is 0 Å². The fourth-order valence-corrected chi connectivity index (χ4v) is 5.33. The van der Waals surface area contributed by atoms with Crippen molar-refractivity contribution in [3.05, 3.63) is 23.3 Å². The standard InChI is InChI=1S/C24H35N7O2/c1-15-9-16(20-3-4-22(32)28-20)11-17(10-15)21-13-26-23(25)24(29-21)33-19-12-27-31(14-19)18-5-7-30(2)8-6-18/h9,11-13,17-20,23-24H,3-8,10,14,25H2,1-2H3,(H,28,32)/t17?,19?,20-,23?,24?/m0/s1. The van der Waals surface area contributed by atoms with E-state index in [-0.39, 0.29) is 24.0 Å². The third-order valence-corrected chi connectivity index (χ3v) is 7.25. The molecule has 4 unspecified atom stereocenters. The largest absolute Gasteiger partial charge is 0.349 e. The van der Waals surface area contributed by atoms with E-state index in [4.69, 9.17) is 15.5 Å². The van der Waals surface area contributed by atoms with Crippen LogP contribution in [0.5, 0.6) is 0 Å². The van der Waals surface area contributed by atoms with Gasteiger partial charge in [-0.3, -0.25) is 19.8 Å². The van der Waals surface area contributed by atoms with Crippen LogP contribution >= 0.6 is 0 Å². The molecule has 9 heteroatoms. The first-order valence-electron chi connectivity index (χ1n) is 12.1. The number of hydrogen-bond donors (Lipinski definition) is 2. The topological polar surface area (TPSA) is 108 Å². The molecule has 3 N–H and O–H groups in total. The van der Waals surface area contributed by atoms with Gasteiger partial charge in [0, 0.05) is 24.6 Å². The fraction of sp³-hybridized carbons (Fsp3) is 0.667. The summed E-state index contributed by atoms with van der Waals surface area (Å²) in [5.74, 6) is 0.232. The van der Waals surface area contributed by atoms with E-state index in [1.54, 1.807) is 6.21 Å². The number of nitrogens with two attached hydrogens (primary N) is 1. The molecule has 0 aromatic carbocycles. The van der Waals surface area contributed by atoms with E-state index in [1.165, 1.54) is 5.57 Å². The SMILES string of the molecule is CC1=CC([C@@H]2CCC(=O)N2)=CC(C2=NC(OC3C=NN(C4CCN(C)CC4)C3)C(N)N=C2)C1. The molecular formula is C24H35N7O2. The van der Waals surface area contributed by atoms with Crippen LogP contribution in [0.4, 0.5) is 0 Å². The Balaban J connectivity index is 1.23. The highest BCUT2D eigenvalue weighted by Crippen LogP contribution is 2.29. The van der Waals surface area contributed by atoms with E-state index < -0.39 is 12.4 Å². The van der Waals surface area contributed by atoms with Crippen molar-refractivity contribution in [3.63, 3.8) is 0 Å². The molecule has 0 bridgehead atoms.